The van der Waals surface area contributed by atoms with Crippen molar-refractivity contribution >= 4 is 13.4 Å². The molecule has 0 radical (unpaired) electrons. The standard InChI is InChI=1S/C7H11O4P/c1-10-12(9,11-2)7-5-3-4-6(7)8/h5H,3-4H2,1-2H3. The maximum Gasteiger partial charge on any atom is 0.364 e. The van der Waals surface area contributed by atoms with E-state index < -0.39 is 7.60 Å². The Balaban J connectivity index is 2.94. The van der Waals surface area contributed by atoms with Gasteiger partial charge >= 0.3 is 7.60 Å². The van der Waals surface area contributed by atoms with Crippen molar-refractivity contribution in [3.8, 4) is 0 Å². The highest BCUT2D eigenvalue weighted by atomic mass is 31.2. The second-order valence-corrected chi connectivity index (χ2v) is 4.62. The maximum absolute atomic E-state index is 11.6. The Bertz CT molecular complexity index is 261. The molecule has 0 unspecified atom stereocenters. The third-order valence-electron chi connectivity index (χ3n) is 1.77. The molecule has 5 heteroatoms. The minimum absolute atomic E-state index is 0.137. The van der Waals surface area contributed by atoms with Crippen LogP contribution in [0.3, 0.4) is 0 Å². The monoisotopic (exact) mass is 190 g/mol. The number of carbonyl (C=O) groups excluding carboxylic acids is 1. The third-order valence-corrected chi connectivity index (χ3v) is 3.75. The van der Waals surface area contributed by atoms with Gasteiger partial charge in [0.05, 0.1) is 0 Å². The fourth-order valence-electron chi connectivity index (χ4n) is 1.12. The smallest absolute Gasteiger partial charge is 0.308 e. The Hall–Kier alpha value is -0.440. The van der Waals surface area contributed by atoms with Crippen LogP contribution in [-0.4, -0.2) is 20.0 Å². The molecule has 1 aliphatic carbocycles. The summed E-state index contributed by atoms with van der Waals surface area (Å²) < 4.78 is 21.0. The van der Waals surface area contributed by atoms with Gasteiger partial charge in [0.1, 0.15) is 5.31 Å². The van der Waals surface area contributed by atoms with Crippen LogP contribution in [0.25, 0.3) is 0 Å². The fraction of sp³-hybridized carbons (Fsp3) is 0.571. The van der Waals surface area contributed by atoms with E-state index >= 15 is 0 Å². The van der Waals surface area contributed by atoms with Crippen molar-refractivity contribution in [3.63, 3.8) is 0 Å². The third kappa shape index (κ3) is 1.51. The Kier molecular flexibility index (Phi) is 2.83. The Morgan fingerprint density at radius 3 is 2.33 bits per heavy atom. The topological polar surface area (TPSA) is 52.6 Å². The van der Waals surface area contributed by atoms with Crippen molar-refractivity contribution in [3.05, 3.63) is 11.4 Å². The maximum atomic E-state index is 11.6. The summed E-state index contributed by atoms with van der Waals surface area (Å²) in [6.07, 6.45) is 2.66. The predicted octanol–water partition coefficient (Wildman–Crippen LogP) is 1.72. The molecular formula is C7H11O4P. The van der Waals surface area contributed by atoms with E-state index in [1.54, 1.807) is 6.08 Å². The van der Waals surface area contributed by atoms with Crippen LogP contribution in [0, 0.1) is 0 Å². The molecule has 4 nitrogen and oxygen atoms in total. The zero-order chi connectivity index (χ0) is 9.19. The highest BCUT2D eigenvalue weighted by Gasteiger charge is 2.34. The van der Waals surface area contributed by atoms with Gasteiger partial charge in [-0.2, -0.15) is 0 Å². The van der Waals surface area contributed by atoms with E-state index in [9.17, 15) is 9.36 Å². The Morgan fingerprint density at radius 1 is 1.42 bits per heavy atom. The average Bonchev–Trinajstić information content (AvgIpc) is 2.51. The molecule has 1 aliphatic rings. The predicted molar refractivity (Wildman–Crippen MR) is 43.9 cm³/mol. The highest BCUT2D eigenvalue weighted by Crippen LogP contribution is 2.56. The molecule has 0 aromatic carbocycles. The van der Waals surface area contributed by atoms with Crippen LogP contribution in [0.15, 0.2) is 11.4 Å². The lowest BCUT2D eigenvalue weighted by molar-refractivity contribution is -0.114. The first kappa shape index (κ1) is 9.65. The molecule has 1 rings (SSSR count). The molecule has 0 aromatic heterocycles. The van der Waals surface area contributed by atoms with Gasteiger partial charge in [-0.3, -0.25) is 9.36 Å². The van der Waals surface area contributed by atoms with E-state index in [4.69, 9.17) is 0 Å². The molecule has 0 spiro atoms. The largest absolute Gasteiger partial charge is 0.364 e. The van der Waals surface area contributed by atoms with Gasteiger partial charge in [-0.15, -0.1) is 0 Å². The van der Waals surface area contributed by atoms with Crippen molar-refractivity contribution in [2.75, 3.05) is 14.2 Å². The van der Waals surface area contributed by atoms with Crippen molar-refractivity contribution in [1.82, 2.24) is 0 Å². The van der Waals surface area contributed by atoms with Gasteiger partial charge in [0.2, 0.25) is 0 Å². The van der Waals surface area contributed by atoms with Crippen LogP contribution >= 0.6 is 7.60 Å². The van der Waals surface area contributed by atoms with E-state index in [0.717, 1.165) is 0 Å². The van der Waals surface area contributed by atoms with E-state index in [-0.39, 0.29) is 11.1 Å². The average molecular weight is 190 g/mol. The van der Waals surface area contributed by atoms with Crippen LogP contribution in [-0.2, 0) is 18.4 Å². The zero-order valence-electron chi connectivity index (χ0n) is 7.07. The summed E-state index contributed by atoms with van der Waals surface area (Å²) in [5.74, 6) is -0.137. The lowest BCUT2D eigenvalue weighted by Crippen LogP contribution is -2.00. The van der Waals surface area contributed by atoms with Gasteiger partial charge in [0.25, 0.3) is 0 Å². The Morgan fingerprint density at radius 2 is 2.00 bits per heavy atom. The number of hydrogen-bond acceptors (Lipinski definition) is 4. The van der Waals surface area contributed by atoms with Crippen LogP contribution in [0.5, 0.6) is 0 Å². The molecule has 0 bridgehead atoms. The Labute approximate surface area is 71.1 Å². The summed E-state index contributed by atoms with van der Waals surface area (Å²) in [7, 11) is -0.724. The molecule has 0 aliphatic heterocycles. The number of ketones is 1. The van der Waals surface area contributed by atoms with Crippen LogP contribution < -0.4 is 0 Å². The number of carbonyl (C=O) groups is 1. The molecule has 12 heavy (non-hydrogen) atoms. The van der Waals surface area contributed by atoms with Crippen LogP contribution in [0.1, 0.15) is 12.8 Å². The summed E-state index contributed by atoms with van der Waals surface area (Å²) >= 11 is 0. The first-order valence-electron chi connectivity index (χ1n) is 3.59. The molecular weight excluding hydrogens is 179 g/mol. The van der Waals surface area contributed by atoms with Gasteiger partial charge in [0, 0.05) is 20.6 Å². The quantitative estimate of drug-likeness (QED) is 0.636. The van der Waals surface area contributed by atoms with Crippen molar-refractivity contribution in [2.24, 2.45) is 0 Å². The van der Waals surface area contributed by atoms with Crippen LogP contribution in [0.2, 0.25) is 0 Å². The van der Waals surface area contributed by atoms with E-state index in [1.165, 1.54) is 14.2 Å². The molecule has 0 heterocycles. The number of Topliss-reactive ketones (excluding diaryl/α,β-unsaturated/α-hetero) is 1. The zero-order valence-corrected chi connectivity index (χ0v) is 7.97. The molecule has 0 saturated carbocycles. The van der Waals surface area contributed by atoms with Crippen molar-refractivity contribution < 1.29 is 18.4 Å². The van der Waals surface area contributed by atoms with Crippen LogP contribution in [0.4, 0.5) is 0 Å². The van der Waals surface area contributed by atoms with E-state index in [1.807, 2.05) is 0 Å². The number of allylic oxidation sites excluding steroid dienone is 2. The molecule has 68 valence electrons. The molecule has 0 N–H and O–H groups in total. The number of hydrogen-bond donors (Lipinski definition) is 0. The number of rotatable bonds is 3. The summed E-state index contributed by atoms with van der Waals surface area (Å²) in [5.41, 5.74) is 0. The normalized spacial score (nSPS) is 18.2. The summed E-state index contributed by atoms with van der Waals surface area (Å²) in [6.45, 7) is 0. The summed E-state index contributed by atoms with van der Waals surface area (Å²) in [4.78, 5) is 11.1. The van der Waals surface area contributed by atoms with Gasteiger partial charge in [0.15, 0.2) is 5.78 Å². The molecule has 0 fully saturated rings. The summed E-state index contributed by atoms with van der Waals surface area (Å²) in [5, 5.41) is 0.201. The SMILES string of the molecule is COP(=O)(OC)C1=CCCC1=O. The first-order chi connectivity index (χ1) is 5.64. The lowest BCUT2D eigenvalue weighted by atomic mass is 10.3. The van der Waals surface area contributed by atoms with Gasteiger partial charge in [-0.05, 0) is 6.42 Å². The summed E-state index contributed by atoms with van der Waals surface area (Å²) in [6, 6.07) is 0. The first-order valence-corrected chi connectivity index (χ1v) is 5.14. The molecule has 0 saturated heterocycles. The minimum Gasteiger partial charge on any atom is -0.308 e. The minimum atomic E-state index is -3.27. The van der Waals surface area contributed by atoms with Gasteiger partial charge in [-0.1, -0.05) is 6.08 Å². The second kappa shape index (κ2) is 3.52. The second-order valence-electron chi connectivity index (χ2n) is 2.41. The fourth-order valence-corrected chi connectivity index (χ4v) is 2.43. The van der Waals surface area contributed by atoms with Gasteiger partial charge in [-0.25, -0.2) is 0 Å². The van der Waals surface area contributed by atoms with Crippen molar-refractivity contribution in [2.45, 2.75) is 12.8 Å². The molecule has 0 amide bonds. The van der Waals surface area contributed by atoms with E-state index in [2.05, 4.69) is 9.05 Å². The lowest BCUT2D eigenvalue weighted by Gasteiger charge is -2.12. The highest BCUT2D eigenvalue weighted by molar-refractivity contribution is 7.60. The van der Waals surface area contributed by atoms with Gasteiger partial charge < -0.3 is 9.05 Å². The molecule has 0 aromatic rings. The van der Waals surface area contributed by atoms with Crippen molar-refractivity contribution in [1.29, 1.82) is 0 Å². The van der Waals surface area contributed by atoms with E-state index in [0.29, 0.717) is 12.8 Å². The molecule has 0 atom stereocenters.